The lowest BCUT2D eigenvalue weighted by atomic mass is 9.86. The maximum atomic E-state index is 5.59. The van der Waals surface area contributed by atoms with Gasteiger partial charge in [0.15, 0.2) is 0 Å². The van der Waals surface area contributed by atoms with Gasteiger partial charge in [-0.2, -0.15) is 0 Å². The Morgan fingerprint density at radius 2 is 1.64 bits per heavy atom. The van der Waals surface area contributed by atoms with Crippen molar-refractivity contribution in [1.82, 2.24) is 0 Å². The van der Waals surface area contributed by atoms with Crippen LogP contribution in [0.5, 0.6) is 0 Å². The predicted molar refractivity (Wildman–Crippen MR) is 104 cm³/mol. The second-order valence-corrected chi connectivity index (χ2v) is 6.81. The highest BCUT2D eigenvalue weighted by Crippen LogP contribution is 2.36. The summed E-state index contributed by atoms with van der Waals surface area (Å²) in [5.74, 6) is 1.07. The van der Waals surface area contributed by atoms with Crippen LogP contribution in [0.1, 0.15) is 24.8 Å². The number of fused-ring (bicyclic) bond motifs is 1. The molecular weight excluding hydrogens is 310 g/mol. The molecule has 0 aliphatic carbocycles. The van der Waals surface area contributed by atoms with Gasteiger partial charge in [-0.1, -0.05) is 42.5 Å². The third kappa shape index (κ3) is 3.54. The highest BCUT2D eigenvalue weighted by molar-refractivity contribution is 6.09. The van der Waals surface area contributed by atoms with Gasteiger partial charge in [0.25, 0.3) is 0 Å². The van der Waals surface area contributed by atoms with E-state index in [1.54, 1.807) is 0 Å². The van der Waals surface area contributed by atoms with Gasteiger partial charge in [-0.05, 0) is 30.5 Å². The second kappa shape index (κ2) is 7.28. The summed E-state index contributed by atoms with van der Waals surface area (Å²) in [6, 6.07) is 19.0. The zero-order valence-corrected chi connectivity index (χ0v) is 14.5. The van der Waals surface area contributed by atoms with Gasteiger partial charge >= 0.3 is 0 Å². The van der Waals surface area contributed by atoms with Crippen molar-refractivity contribution in [3.63, 3.8) is 0 Å². The number of ether oxygens (including phenoxy) is 1. The van der Waals surface area contributed by atoms with Gasteiger partial charge in [-0.25, -0.2) is 0 Å². The van der Waals surface area contributed by atoms with E-state index in [1.807, 2.05) is 0 Å². The summed E-state index contributed by atoms with van der Waals surface area (Å²) in [5, 5.41) is 7.34. The third-order valence-corrected chi connectivity index (χ3v) is 5.09. The summed E-state index contributed by atoms with van der Waals surface area (Å²) in [7, 11) is 0. The molecule has 4 rings (SSSR count). The average molecular weight is 335 g/mol. The van der Waals surface area contributed by atoms with Crippen molar-refractivity contribution in [3.8, 4) is 0 Å². The van der Waals surface area contributed by atoms with E-state index in [-0.39, 0.29) is 5.54 Å². The van der Waals surface area contributed by atoms with Crippen LogP contribution in [0.15, 0.2) is 59.6 Å². The van der Waals surface area contributed by atoms with Crippen LogP contribution in [0, 0.1) is 0 Å². The predicted octanol–water partition coefficient (Wildman–Crippen LogP) is 4.10. The summed E-state index contributed by atoms with van der Waals surface area (Å²) >= 11 is 0. The van der Waals surface area contributed by atoms with E-state index >= 15 is 0 Å². The number of aryl methyl sites for hydroxylation is 1. The van der Waals surface area contributed by atoms with E-state index in [0.717, 1.165) is 62.7 Å². The molecule has 2 aliphatic rings. The van der Waals surface area contributed by atoms with Crippen molar-refractivity contribution in [2.75, 3.05) is 30.4 Å². The molecule has 0 bridgehead atoms. The monoisotopic (exact) mass is 335 g/mol. The second-order valence-electron chi connectivity index (χ2n) is 6.81. The van der Waals surface area contributed by atoms with Gasteiger partial charge in [-0.3, -0.25) is 4.99 Å². The molecule has 0 unspecified atom stereocenters. The van der Waals surface area contributed by atoms with Crippen molar-refractivity contribution in [2.24, 2.45) is 4.99 Å². The molecule has 0 amide bonds. The molecule has 4 nitrogen and oxygen atoms in total. The fourth-order valence-corrected chi connectivity index (χ4v) is 3.66. The Labute approximate surface area is 149 Å². The van der Waals surface area contributed by atoms with E-state index in [2.05, 4.69) is 65.2 Å². The van der Waals surface area contributed by atoms with Crippen LogP contribution in [-0.4, -0.2) is 31.1 Å². The first kappa shape index (κ1) is 16.2. The highest BCUT2D eigenvalue weighted by atomic mass is 16.5. The van der Waals surface area contributed by atoms with Crippen LogP contribution in [0.2, 0.25) is 0 Å². The quantitative estimate of drug-likeness (QED) is 0.827. The summed E-state index contributed by atoms with van der Waals surface area (Å²) in [6.45, 7) is 2.39. The Hall–Kier alpha value is -2.33. The lowest BCUT2D eigenvalue weighted by Gasteiger charge is -2.43. The summed E-state index contributed by atoms with van der Waals surface area (Å²) in [5.41, 5.74) is 3.54. The molecule has 0 radical (unpaired) electrons. The minimum Gasteiger partial charge on any atom is -0.381 e. The molecule has 2 heterocycles. The number of para-hydroxylation sites is 2. The first-order chi connectivity index (χ1) is 12.4. The van der Waals surface area contributed by atoms with E-state index in [9.17, 15) is 0 Å². The van der Waals surface area contributed by atoms with Gasteiger partial charge in [0, 0.05) is 32.6 Å². The third-order valence-electron chi connectivity index (χ3n) is 5.09. The number of hydrogen-bond acceptors (Lipinski definition) is 3. The summed E-state index contributed by atoms with van der Waals surface area (Å²) in [6.07, 6.45) is 4.03. The van der Waals surface area contributed by atoms with Crippen LogP contribution in [0.3, 0.4) is 0 Å². The Morgan fingerprint density at radius 3 is 2.44 bits per heavy atom. The van der Waals surface area contributed by atoms with Crippen molar-refractivity contribution in [1.29, 1.82) is 0 Å². The molecule has 0 aromatic heterocycles. The first-order valence-corrected chi connectivity index (χ1v) is 9.17. The lowest BCUT2D eigenvalue weighted by molar-refractivity contribution is 0.0778. The smallest absolute Gasteiger partial charge is 0.127 e. The molecule has 1 spiro atoms. The van der Waals surface area contributed by atoms with E-state index in [1.165, 1.54) is 5.56 Å². The number of benzene rings is 2. The molecule has 4 heteroatoms. The van der Waals surface area contributed by atoms with Crippen LogP contribution in [0.4, 0.5) is 11.4 Å². The Kier molecular flexibility index (Phi) is 4.70. The minimum absolute atomic E-state index is 0.112. The molecule has 1 saturated heterocycles. The fourth-order valence-electron chi connectivity index (χ4n) is 3.66. The Balaban J connectivity index is 1.49. The molecule has 2 N–H and O–H groups in total. The SMILES string of the molecule is c1ccc(CCCN=C2Nc3ccccc3NC23CCOCC3)cc1. The minimum atomic E-state index is -0.112. The van der Waals surface area contributed by atoms with Gasteiger partial charge in [-0.15, -0.1) is 0 Å². The molecule has 2 aromatic rings. The molecule has 0 saturated carbocycles. The van der Waals surface area contributed by atoms with Crippen LogP contribution in [0.25, 0.3) is 0 Å². The number of rotatable bonds is 4. The number of anilines is 2. The van der Waals surface area contributed by atoms with E-state index in [4.69, 9.17) is 9.73 Å². The molecule has 25 heavy (non-hydrogen) atoms. The van der Waals surface area contributed by atoms with Crippen molar-refractivity contribution in [2.45, 2.75) is 31.2 Å². The van der Waals surface area contributed by atoms with Gasteiger partial charge in [0.2, 0.25) is 0 Å². The molecule has 130 valence electrons. The number of nitrogens with zero attached hydrogens (tertiary/aromatic N) is 1. The molecule has 2 aromatic carbocycles. The topological polar surface area (TPSA) is 45.7 Å². The standard InChI is InChI=1S/C21H25N3O/c1-2-7-17(8-3-1)9-6-14-22-20-21(12-15-25-16-13-21)24-19-11-5-4-10-18(19)23-20/h1-5,7-8,10-11,24H,6,9,12-16H2,(H,22,23). The normalized spacial score (nSPS) is 19.9. The molecule has 1 fully saturated rings. The molecule has 0 atom stereocenters. The summed E-state index contributed by atoms with van der Waals surface area (Å²) in [4.78, 5) is 4.96. The van der Waals surface area contributed by atoms with Crippen LogP contribution in [-0.2, 0) is 11.2 Å². The maximum Gasteiger partial charge on any atom is 0.127 e. The zero-order chi connectivity index (χ0) is 17.0. The Bertz CT molecular complexity index is 736. The van der Waals surface area contributed by atoms with Crippen LogP contribution < -0.4 is 10.6 Å². The number of amidine groups is 1. The average Bonchev–Trinajstić information content (AvgIpc) is 2.67. The molecule has 2 aliphatic heterocycles. The number of nitrogens with one attached hydrogen (secondary N) is 2. The van der Waals surface area contributed by atoms with Gasteiger partial charge < -0.3 is 15.4 Å². The Morgan fingerprint density at radius 1 is 0.920 bits per heavy atom. The van der Waals surface area contributed by atoms with Crippen LogP contribution >= 0.6 is 0 Å². The lowest BCUT2D eigenvalue weighted by Crippen LogP contribution is -2.55. The maximum absolute atomic E-state index is 5.59. The van der Waals surface area contributed by atoms with Crippen molar-refractivity contribution < 1.29 is 4.74 Å². The van der Waals surface area contributed by atoms with Crippen molar-refractivity contribution >= 4 is 17.2 Å². The zero-order valence-electron chi connectivity index (χ0n) is 14.5. The van der Waals surface area contributed by atoms with E-state index in [0.29, 0.717) is 0 Å². The first-order valence-electron chi connectivity index (χ1n) is 9.17. The number of aliphatic imine (C=N–C) groups is 1. The van der Waals surface area contributed by atoms with Crippen molar-refractivity contribution in [3.05, 3.63) is 60.2 Å². The summed E-state index contributed by atoms with van der Waals surface area (Å²) < 4.78 is 5.59. The largest absolute Gasteiger partial charge is 0.381 e. The molecular formula is C21H25N3O. The highest BCUT2D eigenvalue weighted by Gasteiger charge is 2.41. The van der Waals surface area contributed by atoms with E-state index < -0.39 is 0 Å². The fraction of sp³-hybridized carbons (Fsp3) is 0.381. The van der Waals surface area contributed by atoms with Gasteiger partial charge in [0.05, 0.1) is 16.9 Å². The van der Waals surface area contributed by atoms with Gasteiger partial charge in [0.1, 0.15) is 5.84 Å². The number of hydrogen-bond donors (Lipinski definition) is 2.